The molecule has 14 N–H and O–H groups in total. The van der Waals surface area contributed by atoms with Gasteiger partial charge >= 0.3 is 0 Å². The second-order valence-electron chi connectivity index (χ2n) is 30.9. The Balaban J connectivity index is 0.731. The lowest BCUT2D eigenvalue weighted by Gasteiger charge is -2.34. The van der Waals surface area contributed by atoms with E-state index in [0.29, 0.717) is 80.7 Å². The second-order valence-corrected chi connectivity index (χ2v) is 30.9. The third kappa shape index (κ3) is 17.8. The zero-order valence-corrected chi connectivity index (χ0v) is 68.9. The van der Waals surface area contributed by atoms with Crippen LogP contribution in [-0.2, 0) is 9.47 Å². The molecule has 0 spiro atoms. The Labute approximate surface area is 700 Å². The highest BCUT2D eigenvalue weighted by molar-refractivity contribution is 5.82. The Morgan fingerprint density at radius 1 is 0.339 bits per heavy atom. The van der Waals surface area contributed by atoms with Crippen LogP contribution in [0.25, 0.3) is 11.1 Å². The van der Waals surface area contributed by atoms with Crippen LogP contribution in [0.2, 0.25) is 0 Å². The van der Waals surface area contributed by atoms with Crippen LogP contribution in [0.4, 0.5) is 0 Å². The number of rotatable bonds is 35. The molecule has 0 aromatic heterocycles. The van der Waals surface area contributed by atoms with Gasteiger partial charge in [-0.2, -0.15) is 0 Å². The monoisotopic (exact) mass is 1670 g/mol. The van der Waals surface area contributed by atoms with Crippen LogP contribution < -0.4 is 61.6 Å². The first kappa shape index (κ1) is 88.2. The van der Waals surface area contributed by atoms with E-state index in [2.05, 4.69) is 0 Å². The van der Waals surface area contributed by atoms with Gasteiger partial charge in [0.15, 0.2) is 106 Å². The maximum absolute atomic E-state index is 12.6. The van der Waals surface area contributed by atoms with E-state index in [1.807, 2.05) is 32.0 Å². The molecule has 13 rings (SSSR count). The number of ether oxygens (including phenoxy) is 15. The molecule has 0 saturated carbocycles. The quantitative estimate of drug-likeness (QED) is 0.0176. The molecule has 29 heteroatoms. The summed E-state index contributed by atoms with van der Waals surface area (Å²) < 4.78 is 92.5. The van der Waals surface area contributed by atoms with E-state index in [1.165, 1.54) is 79.1 Å². The van der Waals surface area contributed by atoms with E-state index in [-0.39, 0.29) is 128 Å². The molecule has 29 nitrogen and oxygen atoms in total. The van der Waals surface area contributed by atoms with Gasteiger partial charge in [0, 0.05) is 46.6 Å². The summed E-state index contributed by atoms with van der Waals surface area (Å²) in [6.45, 7) is 5.69. The van der Waals surface area contributed by atoms with Crippen LogP contribution in [0.15, 0.2) is 140 Å². The van der Waals surface area contributed by atoms with Gasteiger partial charge in [-0.15, -0.1) is 0 Å². The van der Waals surface area contributed by atoms with Crippen LogP contribution in [0, 0.1) is 45.4 Å². The average Bonchev–Trinajstić information content (AvgIpc) is 1.71. The Morgan fingerprint density at radius 3 is 1.29 bits per heavy atom. The fourth-order valence-corrected chi connectivity index (χ4v) is 16.5. The molecule has 0 radical (unpaired) electrons. The van der Waals surface area contributed by atoms with Gasteiger partial charge in [-0.3, -0.25) is 0 Å². The molecule has 0 bridgehead atoms. The number of methoxy groups -OCH3 is 6. The van der Waals surface area contributed by atoms with E-state index in [0.717, 1.165) is 16.7 Å². The zero-order valence-electron chi connectivity index (χ0n) is 68.9. The first-order valence-electron chi connectivity index (χ1n) is 39.8. The van der Waals surface area contributed by atoms with Gasteiger partial charge in [0.1, 0.15) is 47.8 Å². The van der Waals surface area contributed by atoms with E-state index in [1.54, 1.807) is 106 Å². The summed E-state index contributed by atoms with van der Waals surface area (Å²) in [6.07, 6.45) is -16.1. The lowest BCUT2D eigenvalue weighted by Crippen LogP contribution is -2.34. The number of aromatic hydroxyl groups is 2. The molecule has 9 aromatic rings. The van der Waals surface area contributed by atoms with Crippen LogP contribution in [0.1, 0.15) is 146 Å². The Morgan fingerprint density at radius 2 is 0.752 bits per heavy atom. The smallest absolute Gasteiger partial charge is 0.170 e. The summed E-state index contributed by atoms with van der Waals surface area (Å²) in [7, 11) is 8.47. The molecule has 121 heavy (non-hydrogen) atoms. The normalized spacial score (nSPS) is 20.9. The molecule has 2 fully saturated rings. The van der Waals surface area contributed by atoms with Crippen molar-refractivity contribution in [3.63, 3.8) is 0 Å². The number of aliphatic hydroxyl groups is 12. The van der Waals surface area contributed by atoms with E-state index < -0.39 is 118 Å². The number of phenols is 2. The molecule has 18 unspecified atom stereocenters. The zero-order chi connectivity index (χ0) is 86.5. The van der Waals surface area contributed by atoms with Crippen molar-refractivity contribution >= 4 is 0 Å². The molecule has 18 atom stereocenters. The van der Waals surface area contributed by atoms with Crippen molar-refractivity contribution in [2.24, 2.45) is 17.8 Å². The number of aryl methyl sites for hydroxylation is 4. The highest BCUT2D eigenvalue weighted by Gasteiger charge is 2.49. The van der Waals surface area contributed by atoms with Crippen molar-refractivity contribution < 1.29 is 143 Å². The summed E-state index contributed by atoms with van der Waals surface area (Å²) in [5.74, 6) is 1.34. The second kappa shape index (κ2) is 38.2. The number of benzene rings is 9. The molecular formula is C92H106O29. The van der Waals surface area contributed by atoms with Gasteiger partial charge in [0.25, 0.3) is 0 Å². The molecule has 4 aliphatic heterocycles. The molecule has 9 aromatic carbocycles. The molecule has 4 aliphatic rings. The van der Waals surface area contributed by atoms with Crippen molar-refractivity contribution in [2.45, 2.75) is 126 Å². The van der Waals surface area contributed by atoms with Crippen LogP contribution in [0.3, 0.4) is 0 Å². The van der Waals surface area contributed by atoms with Gasteiger partial charge in [0.2, 0.25) is 0 Å². The maximum atomic E-state index is 12.6. The van der Waals surface area contributed by atoms with Gasteiger partial charge in [-0.25, -0.2) is 0 Å². The Hall–Kier alpha value is -10.6. The summed E-state index contributed by atoms with van der Waals surface area (Å²) >= 11 is 0. The van der Waals surface area contributed by atoms with Crippen LogP contribution >= 0.6 is 0 Å². The van der Waals surface area contributed by atoms with Crippen molar-refractivity contribution in [3.05, 3.63) is 217 Å². The van der Waals surface area contributed by atoms with Gasteiger partial charge in [-0.1, -0.05) is 37.3 Å². The molecule has 0 amide bonds. The van der Waals surface area contributed by atoms with Crippen LogP contribution in [-0.4, -0.2) is 204 Å². The third-order valence-corrected chi connectivity index (χ3v) is 23.3. The lowest BCUT2D eigenvalue weighted by molar-refractivity contribution is -0.00283. The van der Waals surface area contributed by atoms with E-state index in [4.69, 9.17) is 71.1 Å². The van der Waals surface area contributed by atoms with Crippen molar-refractivity contribution in [2.75, 3.05) is 102 Å². The molecule has 0 aliphatic carbocycles. The number of fused-ring (bicyclic) bond motifs is 5. The topological polar surface area (TPSA) is 422 Å². The third-order valence-electron chi connectivity index (χ3n) is 23.3. The van der Waals surface area contributed by atoms with Crippen molar-refractivity contribution in [3.8, 4) is 97.4 Å². The Bertz CT molecular complexity index is 5110. The minimum absolute atomic E-state index is 0.0156. The number of hydrogen-bond acceptors (Lipinski definition) is 29. The molecular weight excluding hydrogens is 1570 g/mol. The predicted octanol–water partition coefficient (Wildman–Crippen LogP) is 9.76. The Kier molecular flexibility index (Phi) is 27.9. The first-order valence-corrected chi connectivity index (χ1v) is 39.8. The van der Waals surface area contributed by atoms with Crippen molar-refractivity contribution in [1.29, 1.82) is 0 Å². The fraction of sp³-hybridized carbons (Fsp3) is 0.413. The minimum Gasteiger partial charge on any atom is -0.504 e. The highest BCUT2D eigenvalue weighted by Crippen LogP contribution is 2.56. The summed E-state index contributed by atoms with van der Waals surface area (Å²) in [4.78, 5) is 0. The molecule has 4 heterocycles. The SMILES string of the molecule is COc1cc(C2Oc3c(OC)cc(C(O)C(CO)Oc4ccc(C(O)C(CO)Oc5ccc(C6OCC7C(c8cc(C)c(O)c(OC)c8)OCC67)cc5C)cc4C)cc3-c3cc(C(O)C(CO)Oc4ccc(C(O)C(CO)Oc5ccc(C6Oc7c(OC)cc(C(O)C(C)CO)cc7C6CO)cc5OC)cc4OC)cc(C)c3OC2CO)ccc1O. The highest BCUT2D eigenvalue weighted by atomic mass is 16.6. The molecule has 648 valence electrons. The van der Waals surface area contributed by atoms with Gasteiger partial charge in [0.05, 0.1) is 120 Å². The minimum atomic E-state index is -1.65. The van der Waals surface area contributed by atoms with Crippen molar-refractivity contribution in [1.82, 2.24) is 0 Å². The average molecular weight is 1680 g/mol. The molecule has 2 saturated heterocycles. The van der Waals surface area contributed by atoms with Gasteiger partial charge < -0.3 is 143 Å². The summed E-state index contributed by atoms with van der Waals surface area (Å²) in [6, 6.07) is 37.5. The van der Waals surface area contributed by atoms with Crippen LogP contribution in [0.5, 0.6) is 86.2 Å². The maximum Gasteiger partial charge on any atom is 0.170 e. The number of aliphatic hydroxyl groups excluding tert-OH is 12. The number of phenolic OH excluding ortho intramolecular Hbond substituents is 2. The van der Waals surface area contributed by atoms with E-state index in [9.17, 15) is 71.5 Å². The predicted molar refractivity (Wildman–Crippen MR) is 438 cm³/mol. The van der Waals surface area contributed by atoms with Gasteiger partial charge in [-0.05, 0) is 204 Å². The number of hydrogen-bond donors (Lipinski definition) is 14. The van der Waals surface area contributed by atoms with E-state index >= 15 is 0 Å². The summed E-state index contributed by atoms with van der Waals surface area (Å²) in [5, 5.41) is 157. The standard InChI is InChI=1S/C92H106O29/c1-44-22-49(82(103)75(37-95)115-66-19-15-51(23-45(66)2)87-62-42-114-88(63(62)43-113-87)57-24-46(3)81(102)72(34-57)110-9)13-18-65(44)116-77(39-97)85(106)56-28-59-58-26-54(25-47(4)86(58)119-79(41-99)90(121-91(59)74(33-56)112-11)53-12-17-64(100)69(30-53)107-6)84(105)78(40-98)118-67-20-14-50(29-70(67)108-7)83(104)76(38-96)117-68-21-16-52(31-71(68)109-8)89-61(36-94)60-27-55(80(101)48(5)35-93)32-73(111-10)92(60)120-89/h12-34,48,61-63,75-80,82-85,87-90,93-106H,35-43H2,1-11H3. The largest absolute Gasteiger partial charge is 0.504 e. The first-order chi connectivity index (χ1) is 58.3. The fourth-order valence-electron chi connectivity index (χ4n) is 16.5. The summed E-state index contributed by atoms with van der Waals surface area (Å²) in [5.41, 5.74) is 7.41. The lowest BCUT2D eigenvalue weighted by atomic mass is 9.84.